The zero-order valence-corrected chi connectivity index (χ0v) is 18.5. The summed E-state index contributed by atoms with van der Waals surface area (Å²) in [6.45, 7) is 5.02. The van der Waals surface area contributed by atoms with Crippen LogP contribution in [-0.4, -0.2) is 41.8 Å². The van der Waals surface area contributed by atoms with Gasteiger partial charge in [-0.3, -0.25) is 15.8 Å². The highest BCUT2D eigenvalue weighted by Gasteiger charge is 2.35. The third-order valence-electron chi connectivity index (χ3n) is 5.94. The van der Waals surface area contributed by atoms with Crippen molar-refractivity contribution in [3.63, 3.8) is 0 Å². The fourth-order valence-corrected chi connectivity index (χ4v) is 5.26. The van der Waals surface area contributed by atoms with E-state index in [1.165, 1.54) is 37.0 Å². The van der Waals surface area contributed by atoms with Crippen LogP contribution in [0.25, 0.3) is 0 Å². The lowest BCUT2D eigenvalue weighted by molar-refractivity contribution is -0.0179. The number of amidine groups is 1. The molecular formula is C22H34N4O2S. The lowest BCUT2D eigenvalue weighted by Crippen LogP contribution is -2.46. The molecule has 2 aliphatic carbocycles. The zero-order chi connectivity index (χ0) is 20.1. The van der Waals surface area contributed by atoms with Crippen molar-refractivity contribution in [3.8, 4) is 0 Å². The first-order valence-corrected chi connectivity index (χ1v) is 12.2. The number of nitrogens with zero attached hydrogens (tertiary/aromatic N) is 2. The Labute approximate surface area is 178 Å². The number of hydrazine groups is 1. The van der Waals surface area contributed by atoms with Crippen LogP contribution in [0.2, 0.25) is 0 Å². The molecule has 4 unspecified atom stereocenters. The maximum absolute atomic E-state index is 6.54. The fraction of sp³-hybridized carbons (Fsp3) is 0.727. The smallest absolute Gasteiger partial charge is 0.196 e. The van der Waals surface area contributed by atoms with Crippen molar-refractivity contribution in [2.24, 2.45) is 15.9 Å². The normalized spacial score (nSPS) is 31.7. The van der Waals surface area contributed by atoms with E-state index in [0.29, 0.717) is 0 Å². The third-order valence-corrected chi connectivity index (χ3v) is 6.92. The number of hydrogen-bond acceptors (Lipinski definition) is 7. The molecule has 0 aromatic carbocycles. The maximum atomic E-state index is 6.54. The maximum Gasteiger partial charge on any atom is 0.196 e. The van der Waals surface area contributed by atoms with E-state index >= 15 is 0 Å². The van der Waals surface area contributed by atoms with Crippen LogP contribution < -0.4 is 10.9 Å². The molecule has 0 amide bonds. The van der Waals surface area contributed by atoms with Crippen molar-refractivity contribution in [1.29, 1.82) is 0 Å². The average molecular weight is 419 g/mol. The van der Waals surface area contributed by atoms with Gasteiger partial charge >= 0.3 is 0 Å². The van der Waals surface area contributed by atoms with Gasteiger partial charge in [-0.2, -0.15) is 0 Å². The second kappa shape index (κ2) is 10.1. The van der Waals surface area contributed by atoms with E-state index in [4.69, 9.17) is 19.5 Å². The molecular weight excluding hydrogens is 384 g/mol. The average Bonchev–Trinajstić information content (AvgIpc) is 2.91. The van der Waals surface area contributed by atoms with Gasteiger partial charge in [-0.15, -0.1) is 0 Å². The summed E-state index contributed by atoms with van der Waals surface area (Å²) in [5, 5.41) is 0.918. The van der Waals surface area contributed by atoms with E-state index in [0.717, 1.165) is 48.9 Å². The second-order valence-electron chi connectivity index (χ2n) is 8.06. The summed E-state index contributed by atoms with van der Waals surface area (Å²) in [4.78, 5) is 10.0. The fourth-order valence-electron chi connectivity index (χ4n) is 4.34. The van der Waals surface area contributed by atoms with Crippen molar-refractivity contribution in [3.05, 3.63) is 23.4 Å². The molecule has 4 rings (SSSR count). The Hall–Kier alpha value is -1.31. The van der Waals surface area contributed by atoms with E-state index in [-0.39, 0.29) is 24.5 Å². The van der Waals surface area contributed by atoms with Crippen LogP contribution in [0.15, 0.2) is 33.4 Å². The monoisotopic (exact) mass is 418 g/mol. The molecule has 6 nitrogen and oxygen atoms in total. The number of nitrogens with one attached hydrogen (secondary N) is 2. The van der Waals surface area contributed by atoms with Gasteiger partial charge in [-0.25, -0.2) is 4.99 Å². The predicted octanol–water partition coefficient (Wildman–Crippen LogP) is 4.31. The van der Waals surface area contributed by atoms with Crippen LogP contribution in [0, 0.1) is 5.92 Å². The summed E-state index contributed by atoms with van der Waals surface area (Å²) in [6.07, 6.45) is 13.1. The first-order valence-electron chi connectivity index (χ1n) is 11.3. The van der Waals surface area contributed by atoms with Crippen molar-refractivity contribution in [2.45, 2.75) is 83.8 Å². The number of unbranched alkanes of at least 4 members (excludes halogenated alkanes) is 1. The Balaban J connectivity index is 1.55. The molecule has 4 atom stereocenters. The van der Waals surface area contributed by atoms with Gasteiger partial charge in [0.1, 0.15) is 0 Å². The Morgan fingerprint density at radius 3 is 2.83 bits per heavy atom. The Morgan fingerprint density at radius 2 is 2.03 bits per heavy atom. The van der Waals surface area contributed by atoms with Gasteiger partial charge in [-0.05, 0) is 57.4 Å². The summed E-state index contributed by atoms with van der Waals surface area (Å²) in [5.74, 6) is 1.35. The molecule has 0 bridgehead atoms. The first kappa shape index (κ1) is 20.9. The molecule has 1 saturated carbocycles. The SMILES string of the molecule is CCCCSC1=NC2OC(C3C=CC(OCC)CC3)N=C3CCCCC3=C2NN1. The highest BCUT2D eigenvalue weighted by Crippen LogP contribution is 2.34. The Kier molecular flexibility index (Phi) is 7.32. The molecule has 0 spiro atoms. The van der Waals surface area contributed by atoms with Crippen LogP contribution in [0.1, 0.15) is 65.2 Å². The quantitative estimate of drug-likeness (QED) is 0.497. The Morgan fingerprint density at radius 1 is 1.14 bits per heavy atom. The highest BCUT2D eigenvalue weighted by atomic mass is 32.2. The molecule has 0 aromatic rings. The number of ether oxygens (including phenoxy) is 2. The number of rotatable bonds is 6. The topological polar surface area (TPSA) is 67.2 Å². The number of hydrogen-bond donors (Lipinski definition) is 2. The van der Waals surface area contributed by atoms with Gasteiger partial charge in [-0.1, -0.05) is 37.3 Å². The van der Waals surface area contributed by atoms with E-state index < -0.39 is 0 Å². The Bertz CT molecular complexity index is 703. The number of thioether (sulfide) groups is 1. The lowest BCUT2D eigenvalue weighted by atomic mass is 9.90. The van der Waals surface area contributed by atoms with E-state index in [9.17, 15) is 0 Å². The molecule has 2 heterocycles. The van der Waals surface area contributed by atoms with Crippen molar-refractivity contribution >= 4 is 22.6 Å². The van der Waals surface area contributed by atoms with Gasteiger partial charge in [0.15, 0.2) is 17.6 Å². The molecule has 2 N–H and O–H groups in total. The third kappa shape index (κ3) is 5.06. The molecule has 0 saturated heterocycles. The molecule has 0 aromatic heterocycles. The first-order chi connectivity index (χ1) is 14.3. The minimum absolute atomic E-state index is 0.176. The minimum Gasteiger partial charge on any atom is -0.374 e. The molecule has 1 fully saturated rings. The van der Waals surface area contributed by atoms with Crippen LogP contribution in [0.4, 0.5) is 0 Å². The van der Waals surface area contributed by atoms with Gasteiger partial charge in [0.05, 0.1) is 11.8 Å². The summed E-state index contributed by atoms with van der Waals surface area (Å²) in [6, 6.07) is 0. The van der Waals surface area contributed by atoms with Gasteiger partial charge in [0.2, 0.25) is 0 Å². The van der Waals surface area contributed by atoms with Crippen molar-refractivity contribution in [1.82, 2.24) is 10.9 Å². The summed E-state index contributed by atoms with van der Waals surface area (Å²) in [5.41, 5.74) is 10.3. The van der Waals surface area contributed by atoms with Crippen molar-refractivity contribution < 1.29 is 9.47 Å². The number of aliphatic imine (C=N–C) groups is 2. The molecule has 7 heteroatoms. The van der Waals surface area contributed by atoms with Crippen LogP contribution >= 0.6 is 11.8 Å². The summed E-state index contributed by atoms with van der Waals surface area (Å²) in [7, 11) is 0. The number of fused-ring (bicyclic) bond motifs is 2. The van der Waals surface area contributed by atoms with Crippen LogP contribution in [0.5, 0.6) is 0 Å². The number of allylic oxidation sites excluding steroid dienone is 1. The summed E-state index contributed by atoms with van der Waals surface area (Å²) < 4.78 is 12.3. The van der Waals surface area contributed by atoms with Crippen molar-refractivity contribution in [2.75, 3.05) is 12.4 Å². The second-order valence-corrected chi connectivity index (χ2v) is 9.14. The van der Waals surface area contributed by atoms with Crippen LogP contribution in [0.3, 0.4) is 0 Å². The van der Waals surface area contributed by atoms with E-state index in [1.807, 2.05) is 0 Å². The predicted molar refractivity (Wildman–Crippen MR) is 120 cm³/mol. The molecule has 0 radical (unpaired) electrons. The van der Waals surface area contributed by atoms with Crippen LogP contribution in [-0.2, 0) is 9.47 Å². The van der Waals surface area contributed by atoms with Gasteiger partial charge in [0.25, 0.3) is 0 Å². The van der Waals surface area contributed by atoms with Gasteiger partial charge in [0, 0.05) is 24.0 Å². The van der Waals surface area contributed by atoms with Gasteiger partial charge < -0.3 is 9.47 Å². The lowest BCUT2D eigenvalue weighted by Gasteiger charge is -2.31. The minimum atomic E-state index is -0.294. The summed E-state index contributed by atoms with van der Waals surface area (Å²) >= 11 is 1.76. The van der Waals surface area contributed by atoms with E-state index in [1.54, 1.807) is 11.8 Å². The standard InChI is InChI=1S/C22H34N4O2S/c1-3-5-14-29-22-24-21-19(25-26-22)17-8-6-7-9-18(17)23-20(28-21)15-10-12-16(13-11-15)27-4-2/h10,12,15-16,20-21,25H,3-9,11,13-14H2,1-2H3,(H,24,26). The molecule has 2 aliphatic heterocycles. The van der Waals surface area contributed by atoms with E-state index in [2.05, 4.69) is 36.9 Å². The molecule has 4 aliphatic rings. The molecule has 160 valence electrons. The highest BCUT2D eigenvalue weighted by molar-refractivity contribution is 8.13. The largest absolute Gasteiger partial charge is 0.374 e. The zero-order valence-electron chi connectivity index (χ0n) is 17.7. The molecule has 29 heavy (non-hydrogen) atoms.